The lowest BCUT2D eigenvalue weighted by atomic mass is 9.97. The summed E-state index contributed by atoms with van der Waals surface area (Å²) in [4.78, 5) is 22.5. The minimum atomic E-state index is -0.536. The maximum Gasteiger partial charge on any atom is 0.197 e. The van der Waals surface area contributed by atoms with E-state index < -0.39 is 5.60 Å². The summed E-state index contributed by atoms with van der Waals surface area (Å²) in [5.74, 6) is 0.0675. The number of hydrogen-bond donors (Lipinski definition) is 0. The van der Waals surface area contributed by atoms with Gasteiger partial charge in [-0.05, 0) is 13.8 Å². The predicted molar refractivity (Wildman–Crippen MR) is 48.2 cm³/mol. The Balaban J connectivity index is 2.87. The van der Waals surface area contributed by atoms with Crippen LogP contribution in [0.3, 0.4) is 0 Å². The van der Waals surface area contributed by atoms with Crippen molar-refractivity contribution >= 4 is 11.6 Å². The van der Waals surface area contributed by atoms with Crippen molar-refractivity contribution in [3.05, 3.63) is 11.8 Å². The van der Waals surface area contributed by atoms with Crippen LogP contribution in [0.25, 0.3) is 0 Å². The molecule has 72 valence electrons. The fourth-order valence-corrected chi connectivity index (χ4v) is 1.29. The number of carbonyl (C=O) groups is 2. The van der Waals surface area contributed by atoms with Gasteiger partial charge in [0.25, 0.3) is 0 Å². The third-order valence-corrected chi connectivity index (χ3v) is 1.87. The maximum absolute atomic E-state index is 11.3. The SMILES string of the molecule is CCC(=O)C1=CC(=O)CC(C)(C)O1. The van der Waals surface area contributed by atoms with E-state index in [4.69, 9.17) is 4.74 Å². The average molecular weight is 182 g/mol. The molecule has 0 atom stereocenters. The van der Waals surface area contributed by atoms with Gasteiger partial charge in [-0.1, -0.05) is 6.92 Å². The fraction of sp³-hybridized carbons (Fsp3) is 0.600. The summed E-state index contributed by atoms with van der Waals surface area (Å²) in [5.41, 5.74) is -0.536. The van der Waals surface area contributed by atoms with Crippen molar-refractivity contribution in [2.75, 3.05) is 0 Å². The summed E-state index contributed by atoms with van der Waals surface area (Å²) in [6, 6.07) is 0. The Labute approximate surface area is 77.8 Å². The molecule has 0 bridgehead atoms. The minimum absolute atomic E-state index is 0.0342. The smallest absolute Gasteiger partial charge is 0.197 e. The number of rotatable bonds is 2. The second-order valence-electron chi connectivity index (χ2n) is 3.79. The number of carbonyl (C=O) groups excluding carboxylic acids is 2. The van der Waals surface area contributed by atoms with E-state index in [0.29, 0.717) is 12.8 Å². The standard InChI is InChI=1S/C10H14O3/c1-4-8(12)9-5-7(11)6-10(2,3)13-9/h5H,4,6H2,1-3H3. The Morgan fingerprint density at radius 1 is 1.62 bits per heavy atom. The molecule has 3 heteroatoms. The van der Waals surface area contributed by atoms with E-state index in [0.717, 1.165) is 0 Å². The van der Waals surface area contributed by atoms with Crippen molar-refractivity contribution < 1.29 is 14.3 Å². The van der Waals surface area contributed by atoms with Crippen LogP contribution in [0.15, 0.2) is 11.8 Å². The van der Waals surface area contributed by atoms with E-state index >= 15 is 0 Å². The van der Waals surface area contributed by atoms with Crippen molar-refractivity contribution in [2.24, 2.45) is 0 Å². The normalized spacial score (nSPS) is 20.5. The van der Waals surface area contributed by atoms with Gasteiger partial charge in [0, 0.05) is 18.9 Å². The molecule has 0 N–H and O–H groups in total. The summed E-state index contributed by atoms with van der Waals surface area (Å²) >= 11 is 0. The van der Waals surface area contributed by atoms with Crippen LogP contribution in [0, 0.1) is 0 Å². The molecule has 1 aliphatic heterocycles. The van der Waals surface area contributed by atoms with Gasteiger partial charge >= 0.3 is 0 Å². The summed E-state index contributed by atoms with van der Waals surface area (Å²) < 4.78 is 5.39. The zero-order valence-corrected chi connectivity index (χ0v) is 8.22. The third kappa shape index (κ3) is 2.41. The van der Waals surface area contributed by atoms with Crippen LogP contribution >= 0.6 is 0 Å². The molecule has 0 saturated carbocycles. The highest BCUT2D eigenvalue weighted by Gasteiger charge is 2.30. The number of hydrogen-bond acceptors (Lipinski definition) is 3. The molecule has 0 aromatic carbocycles. The second kappa shape index (κ2) is 3.32. The van der Waals surface area contributed by atoms with Crippen molar-refractivity contribution in [1.29, 1.82) is 0 Å². The van der Waals surface area contributed by atoms with Crippen molar-refractivity contribution in [3.63, 3.8) is 0 Å². The van der Waals surface area contributed by atoms with Gasteiger partial charge in [-0.25, -0.2) is 0 Å². The molecule has 3 nitrogen and oxygen atoms in total. The molecule has 1 aliphatic rings. The Hall–Kier alpha value is -1.12. The molecule has 1 rings (SSSR count). The van der Waals surface area contributed by atoms with Crippen LogP contribution in [0.5, 0.6) is 0 Å². The molecule has 0 saturated heterocycles. The summed E-state index contributed by atoms with van der Waals surface area (Å²) in [5, 5.41) is 0. The number of ether oxygens (including phenoxy) is 1. The molecule has 0 radical (unpaired) electrons. The van der Waals surface area contributed by atoms with Crippen LogP contribution in [0.4, 0.5) is 0 Å². The maximum atomic E-state index is 11.3. The molecular weight excluding hydrogens is 168 g/mol. The quantitative estimate of drug-likeness (QED) is 0.651. The lowest BCUT2D eigenvalue weighted by molar-refractivity contribution is -0.129. The molecular formula is C10H14O3. The summed E-state index contributed by atoms with van der Waals surface area (Å²) in [6.07, 6.45) is 2.01. The number of ketones is 2. The second-order valence-corrected chi connectivity index (χ2v) is 3.79. The van der Waals surface area contributed by atoms with E-state index in [-0.39, 0.29) is 17.3 Å². The van der Waals surface area contributed by atoms with E-state index in [1.54, 1.807) is 20.8 Å². The Morgan fingerprint density at radius 3 is 2.69 bits per heavy atom. The third-order valence-electron chi connectivity index (χ3n) is 1.87. The average Bonchev–Trinajstić information content (AvgIpc) is 1.99. The number of Topliss-reactive ketones (excluding diaryl/α,β-unsaturated/α-hetero) is 1. The zero-order valence-electron chi connectivity index (χ0n) is 8.22. The van der Waals surface area contributed by atoms with Crippen LogP contribution in [0.2, 0.25) is 0 Å². The Bertz CT molecular complexity index is 274. The highest BCUT2D eigenvalue weighted by atomic mass is 16.5. The first-order valence-electron chi connectivity index (χ1n) is 4.41. The predicted octanol–water partition coefficient (Wildman–Crippen LogP) is 1.62. The lowest BCUT2D eigenvalue weighted by Crippen LogP contribution is -2.33. The molecule has 0 aromatic heterocycles. The van der Waals surface area contributed by atoms with Crippen LogP contribution in [0.1, 0.15) is 33.6 Å². The first-order chi connectivity index (χ1) is 5.94. The van der Waals surface area contributed by atoms with Crippen molar-refractivity contribution in [1.82, 2.24) is 0 Å². The van der Waals surface area contributed by atoms with E-state index in [1.165, 1.54) is 6.08 Å². The number of allylic oxidation sites excluding steroid dienone is 2. The monoisotopic (exact) mass is 182 g/mol. The van der Waals surface area contributed by atoms with Crippen LogP contribution in [-0.4, -0.2) is 17.2 Å². The van der Waals surface area contributed by atoms with Crippen LogP contribution < -0.4 is 0 Å². The van der Waals surface area contributed by atoms with Crippen molar-refractivity contribution in [2.45, 2.75) is 39.2 Å². The first kappa shape index (κ1) is 9.96. The molecule has 0 aliphatic carbocycles. The van der Waals surface area contributed by atoms with Gasteiger partial charge in [0.05, 0.1) is 0 Å². The topological polar surface area (TPSA) is 43.4 Å². The first-order valence-corrected chi connectivity index (χ1v) is 4.41. The van der Waals surface area contributed by atoms with E-state index in [1.807, 2.05) is 0 Å². The molecule has 1 heterocycles. The van der Waals surface area contributed by atoms with Gasteiger partial charge in [-0.3, -0.25) is 9.59 Å². The van der Waals surface area contributed by atoms with Gasteiger partial charge < -0.3 is 4.74 Å². The Kier molecular flexibility index (Phi) is 2.55. The summed E-state index contributed by atoms with van der Waals surface area (Å²) in [7, 11) is 0. The highest BCUT2D eigenvalue weighted by Crippen LogP contribution is 2.25. The van der Waals surface area contributed by atoms with Gasteiger partial charge in [0.2, 0.25) is 0 Å². The largest absolute Gasteiger partial charge is 0.484 e. The molecule has 0 fully saturated rings. The zero-order chi connectivity index (χ0) is 10.1. The minimum Gasteiger partial charge on any atom is -0.484 e. The fourth-order valence-electron chi connectivity index (χ4n) is 1.29. The lowest BCUT2D eigenvalue weighted by Gasteiger charge is -2.29. The van der Waals surface area contributed by atoms with Crippen molar-refractivity contribution in [3.8, 4) is 0 Å². The van der Waals surface area contributed by atoms with Gasteiger partial charge in [-0.15, -0.1) is 0 Å². The van der Waals surface area contributed by atoms with E-state index in [9.17, 15) is 9.59 Å². The van der Waals surface area contributed by atoms with Gasteiger partial charge in [0.15, 0.2) is 17.3 Å². The summed E-state index contributed by atoms with van der Waals surface area (Å²) in [6.45, 7) is 5.36. The molecule has 0 unspecified atom stereocenters. The van der Waals surface area contributed by atoms with Gasteiger partial charge in [-0.2, -0.15) is 0 Å². The van der Waals surface area contributed by atoms with E-state index in [2.05, 4.69) is 0 Å². The molecule has 0 aromatic rings. The molecule has 0 amide bonds. The molecule has 13 heavy (non-hydrogen) atoms. The highest BCUT2D eigenvalue weighted by molar-refractivity contribution is 6.02. The Morgan fingerprint density at radius 2 is 2.23 bits per heavy atom. The molecule has 0 spiro atoms. The van der Waals surface area contributed by atoms with Gasteiger partial charge in [0.1, 0.15) is 5.60 Å². The van der Waals surface area contributed by atoms with Crippen LogP contribution in [-0.2, 0) is 14.3 Å².